The predicted octanol–water partition coefficient (Wildman–Crippen LogP) is 2.27. The molecule has 2 unspecified atom stereocenters. The first-order valence-electron chi connectivity index (χ1n) is 7.38. The molecule has 110 valence electrons. The first kappa shape index (κ1) is 14.1. The van der Waals surface area contributed by atoms with Crippen molar-refractivity contribution in [2.45, 2.75) is 24.4 Å². The Bertz CT molecular complexity index is 568. The van der Waals surface area contributed by atoms with Crippen molar-refractivity contribution >= 4 is 0 Å². The van der Waals surface area contributed by atoms with Gasteiger partial charge in [0.1, 0.15) is 11.9 Å². The molecular weight excluding hydrogens is 262 g/mol. The van der Waals surface area contributed by atoms with E-state index in [-0.39, 0.29) is 12.7 Å². The number of aliphatic hydroxyl groups is 1. The molecule has 3 rings (SSSR count). The fourth-order valence-electron chi connectivity index (χ4n) is 3.13. The van der Waals surface area contributed by atoms with Crippen LogP contribution in [0.4, 0.5) is 0 Å². The van der Waals surface area contributed by atoms with Gasteiger partial charge in [-0.25, -0.2) is 0 Å². The molecule has 3 N–H and O–H groups in total. The van der Waals surface area contributed by atoms with Crippen LogP contribution in [0.3, 0.4) is 0 Å². The Morgan fingerprint density at radius 1 is 1.10 bits per heavy atom. The van der Waals surface area contributed by atoms with Crippen molar-refractivity contribution in [3.8, 4) is 5.75 Å². The van der Waals surface area contributed by atoms with E-state index in [1.165, 1.54) is 5.56 Å². The highest BCUT2D eigenvalue weighted by atomic mass is 16.5. The van der Waals surface area contributed by atoms with Crippen LogP contribution in [0.1, 0.15) is 17.5 Å². The topological polar surface area (TPSA) is 55.5 Å². The number of hydrogen-bond donors (Lipinski definition) is 2. The highest BCUT2D eigenvalue weighted by Gasteiger charge is 2.36. The summed E-state index contributed by atoms with van der Waals surface area (Å²) >= 11 is 0. The van der Waals surface area contributed by atoms with Gasteiger partial charge in [-0.05, 0) is 23.6 Å². The number of ether oxygens (including phenoxy) is 1. The Morgan fingerprint density at radius 3 is 2.48 bits per heavy atom. The number of aliphatic hydroxyl groups excluding tert-OH is 1. The number of hydrogen-bond acceptors (Lipinski definition) is 3. The van der Waals surface area contributed by atoms with E-state index in [1.54, 1.807) is 0 Å². The lowest BCUT2D eigenvalue weighted by Gasteiger charge is -2.33. The third-order valence-corrected chi connectivity index (χ3v) is 4.41. The summed E-state index contributed by atoms with van der Waals surface area (Å²) in [5, 5.41) is 9.97. The summed E-state index contributed by atoms with van der Waals surface area (Å²) in [5.41, 5.74) is 7.90. The molecule has 0 radical (unpaired) electrons. The minimum absolute atomic E-state index is 0.0315. The predicted molar refractivity (Wildman–Crippen MR) is 83.4 cm³/mol. The van der Waals surface area contributed by atoms with Gasteiger partial charge in [0.25, 0.3) is 0 Å². The fourth-order valence-corrected chi connectivity index (χ4v) is 3.13. The van der Waals surface area contributed by atoms with Crippen molar-refractivity contribution in [2.24, 2.45) is 5.73 Å². The van der Waals surface area contributed by atoms with Gasteiger partial charge >= 0.3 is 0 Å². The van der Waals surface area contributed by atoms with E-state index < -0.39 is 5.41 Å². The molecule has 0 aromatic heterocycles. The molecule has 0 spiro atoms. The van der Waals surface area contributed by atoms with Crippen LogP contribution in [-0.2, 0) is 11.8 Å². The highest BCUT2D eigenvalue weighted by molar-refractivity contribution is 5.38. The lowest BCUT2D eigenvalue weighted by Crippen LogP contribution is -2.42. The monoisotopic (exact) mass is 283 g/mol. The second-order valence-corrected chi connectivity index (χ2v) is 5.76. The van der Waals surface area contributed by atoms with E-state index >= 15 is 0 Å². The van der Waals surface area contributed by atoms with Gasteiger partial charge in [0, 0.05) is 18.4 Å². The second-order valence-electron chi connectivity index (χ2n) is 5.76. The molecule has 0 bridgehead atoms. The van der Waals surface area contributed by atoms with E-state index in [4.69, 9.17) is 10.5 Å². The summed E-state index contributed by atoms with van der Waals surface area (Å²) in [6.07, 6.45) is 1.67. The average Bonchev–Trinajstić information content (AvgIpc) is 2.96. The van der Waals surface area contributed by atoms with Crippen LogP contribution in [-0.4, -0.2) is 24.4 Å². The molecule has 0 saturated heterocycles. The molecule has 0 saturated carbocycles. The fraction of sp³-hybridized carbons (Fsp3) is 0.333. The number of rotatable bonds is 5. The third-order valence-electron chi connectivity index (χ3n) is 4.41. The zero-order chi connectivity index (χ0) is 14.7. The smallest absolute Gasteiger partial charge is 0.123 e. The Kier molecular flexibility index (Phi) is 3.95. The molecule has 3 nitrogen and oxygen atoms in total. The van der Waals surface area contributed by atoms with E-state index in [9.17, 15) is 5.11 Å². The minimum atomic E-state index is -0.437. The molecule has 0 aliphatic carbocycles. The van der Waals surface area contributed by atoms with Crippen molar-refractivity contribution in [1.29, 1.82) is 0 Å². The van der Waals surface area contributed by atoms with Gasteiger partial charge in [-0.2, -0.15) is 0 Å². The first-order chi connectivity index (χ1) is 10.3. The molecule has 3 heteroatoms. The zero-order valence-electron chi connectivity index (χ0n) is 12.0. The van der Waals surface area contributed by atoms with Gasteiger partial charge in [0.15, 0.2) is 0 Å². The largest absolute Gasteiger partial charge is 0.490 e. The maximum absolute atomic E-state index is 9.97. The summed E-state index contributed by atoms with van der Waals surface area (Å²) in [7, 11) is 0. The van der Waals surface area contributed by atoms with Gasteiger partial charge in [0.05, 0.1) is 6.61 Å². The molecule has 2 aromatic carbocycles. The van der Waals surface area contributed by atoms with Gasteiger partial charge in [-0.15, -0.1) is 0 Å². The molecule has 1 heterocycles. The van der Waals surface area contributed by atoms with E-state index in [0.717, 1.165) is 24.2 Å². The lowest BCUT2D eigenvalue weighted by atomic mass is 9.76. The number of para-hydroxylation sites is 1. The molecule has 0 amide bonds. The maximum Gasteiger partial charge on any atom is 0.123 e. The van der Waals surface area contributed by atoms with Gasteiger partial charge in [-0.1, -0.05) is 48.5 Å². The molecule has 1 aliphatic heterocycles. The highest BCUT2D eigenvalue weighted by Crippen LogP contribution is 2.35. The van der Waals surface area contributed by atoms with E-state index in [0.29, 0.717) is 6.54 Å². The van der Waals surface area contributed by atoms with Gasteiger partial charge in [-0.3, -0.25) is 0 Å². The van der Waals surface area contributed by atoms with Gasteiger partial charge in [0.2, 0.25) is 0 Å². The van der Waals surface area contributed by atoms with Crippen LogP contribution < -0.4 is 10.5 Å². The van der Waals surface area contributed by atoms with E-state index in [1.807, 2.05) is 48.5 Å². The Morgan fingerprint density at radius 2 is 1.81 bits per heavy atom. The van der Waals surface area contributed by atoms with Crippen LogP contribution >= 0.6 is 0 Å². The Balaban J connectivity index is 1.82. The van der Waals surface area contributed by atoms with Crippen LogP contribution in [0.15, 0.2) is 54.6 Å². The Hall–Kier alpha value is -1.84. The summed E-state index contributed by atoms with van der Waals surface area (Å²) in [6.45, 7) is 0.438. The molecule has 0 fully saturated rings. The summed E-state index contributed by atoms with van der Waals surface area (Å²) in [6, 6.07) is 18.1. The molecule has 1 aliphatic rings. The molecular formula is C18H21NO2. The average molecular weight is 283 g/mol. The second kappa shape index (κ2) is 5.88. The Labute approximate surface area is 125 Å². The SMILES string of the molecule is NCC(CO)(CC1Cc2ccccc2O1)c1ccccc1. The minimum Gasteiger partial charge on any atom is -0.490 e. The van der Waals surface area contributed by atoms with Crippen molar-refractivity contribution < 1.29 is 9.84 Å². The van der Waals surface area contributed by atoms with Crippen molar-refractivity contribution in [1.82, 2.24) is 0 Å². The van der Waals surface area contributed by atoms with Gasteiger partial charge < -0.3 is 15.6 Å². The standard InChI is InChI=1S/C18H21NO2/c19-12-18(13-20,15-7-2-1-3-8-15)11-16-10-14-6-4-5-9-17(14)21-16/h1-9,16,20H,10-13,19H2. The normalized spacial score (nSPS) is 19.6. The molecule has 21 heavy (non-hydrogen) atoms. The summed E-state index contributed by atoms with van der Waals surface area (Å²) < 4.78 is 6.02. The summed E-state index contributed by atoms with van der Waals surface area (Å²) in [5.74, 6) is 0.958. The van der Waals surface area contributed by atoms with Crippen molar-refractivity contribution in [3.63, 3.8) is 0 Å². The van der Waals surface area contributed by atoms with Crippen LogP contribution in [0.5, 0.6) is 5.75 Å². The lowest BCUT2D eigenvalue weighted by molar-refractivity contribution is 0.127. The molecule has 2 aromatic rings. The summed E-state index contributed by atoms with van der Waals surface area (Å²) in [4.78, 5) is 0. The third kappa shape index (κ3) is 2.67. The molecule has 2 atom stereocenters. The van der Waals surface area contributed by atoms with Crippen LogP contribution in [0.2, 0.25) is 0 Å². The van der Waals surface area contributed by atoms with Crippen LogP contribution in [0, 0.1) is 0 Å². The number of benzene rings is 2. The van der Waals surface area contributed by atoms with E-state index in [2.05, 4.69) is 6.07 Å². The zero-order valence-corrected chi connectivity index (χ0v) is 12.0. The van der Waals surface area contributed by atoms with Crippen molar-refractivity contribution in [2.75, 3.05) is 13.2 Å². The maximum atomic E-state index is 9.97. The van der Waals surface area contributed by atoms with Crippen molar-refractivity contribution in [3.05, 3.63) is 65.7 Å². The first-order valence-corrected chi connectivity index (χ1v) is 7.38. The number of fused-ring (bicyclic) bond motifs is 1. The van der Waals surface area contributed by atoms with Crippen LogP contribution in [0.25, 0.3) is 0 Å². The quantitative estimate of drug-likeness (QED) is 0.885. The number of nitrogens with two attached hydrogens (primary N) is 1.